The zero-order chi connectivity index (χ0) is 13.6. The van der Waals surface area contributed by atoms with E-state index in [0.717, 1.165) is 6.54 Å². The van der Waals surface area contributed by atoms with E-state index in [1.807, 2.05) is 13.8 Å². The predicted octanol–water partition coefficient (Wildman–Crippen LogP) is 0.990. The summed E-state index contributed by atoms with van der Waals surface area (Å²) < 4.78 is 0. The van der Waals surface area contributed by atoms with Crippen molar-refractivity contribution in [2.45, 2.75) is 53.1 Å². The van der Waals surface area contributed by atoms with Crippen LogP contribution in [-0.2, 0) is 9.59 Å². The summed E-state index contributed by atoms with van der Waals surface area (Å²) >= 11 is 0. The molecule has 0 aliphatic rings. The standard InChI is InChI=1S/C12H24N2O3/c1-6-13-8(2)7-9(15)14-10(11(16)17)12(3,4)5/h8,10,13H,6-7H2,1-5H3,(H,14,15)(H,16,17)/t8?,10-/m0/s1. The summed E-state index contributed by atoms with van der Waals surface area (Å²) in [5, 5.41) is 14.7. The SMILES string of the molecule is CCNC(C)CC(=O)N[C@@H](C(=O)O)C(C)(C)C. The van der Waals surface area contributed by atoms with E-state index in [9.17, 15) is 9.59 Å². The van der Waals surface area contributed by atoms with Gasteiger partial charge in [-0.05, 0) is 18.9 Å². The molecule has 0 aromatic carbocycles. The lowest BCUT2D eigenvalue weighted by Crippen LogP contribution is -2.50. The third-order valence-electron chi connectivity index (χ3n) is 2.46. The number of hydrogen-bond acceptors (Lipinski definition) is 3. The van der Waals surface area contributed by atoms with Gasteiger partial charge in [-0.15, -0.1) is 0 Å². The van der Waals surface area contributed by atoms with E-state index in [1.165, 1.54) is 0 Å². The number of amides is 1. The van der Waals surface area contributed by atoms with Crippen molar-refractivity contribution < 1.29 is 14.7 Å². The molecule has 1 unspecified atom stereocenters. The van der Waals surface area contributed by atoms with Gasteiger partial charge >= 0.3 is 5.97 Å². The number of carbonyl (C=O) groups is 2. The van der Waals surface area contributed by atoms with Crippen LogP contribution >= 0.6 is 0 Å². The topological polar surface area (TPSA) is 78.4 Å². The molecule has 0 radical (unpaired) electrons. The highest BCUT2D eigenvalue weighted by atomic mass is 16.4. The smallest absolute Gasteiger partial charge is 0.326 e. The van der Waals surface area contributed by atoms with Gasteiger partial charge in [0.25, 0.3) is 0 Å². The molecule has 17 heavy (non-hydrogen) atoms. The summed E-state index contributed by atoms with van der Waals surface area (Å²) in [5.41, 5.74) is -0.497. The van der Waals surface area contributed by atoms with E-state index in [4.69, 9.17) is 5.11 Å². The molecule has 100 valence electrons. The van der Waals surface area contributed by atoms with E-state index in [1.54, 1.807) is 20.8 Å². The summed E-state index contributed by atoms with van der Waals surface area (Å²) in [6, 6.07) is -0.807. The summed E-state index contributed by atoms with van der Waals surface area (Å²) in [5.74, 6) is -1.23. The Balaban J connectivity index is 4.38. The van der Waals surface area contributed by atoms with E-state index in [2.05, 4.69) is 10.6 Å². The first-order chi connectivity index (χ1) is 7.68. The Morgan fingerprint density at radius 1 is 1.29 bits per heavy atom. The van der Waals surface area contributed by atoms with Crippen LogP contribution in [0.15, 0.2) is 0 Å². The Morgan fingerprint density at radius 3 is 2.18 bits per heavy atom. The number of carboxylic acids is 1. The number of nitrogens with one attached hydrogen (secondary N) is 2. The van der Waals surface area contributed by atoms with E-state index >= 15 is 0 Å². The van der Waals surface area contributed by atoms with Crippen LogP contribution in [0.2, 0.25) is 0 Å². The van der Waals surface area contributed by atoms with Gasteiger partial charge in [0.05, 0.1) is 0 Å². The molecule has 2 atom stereocenters. The van der Waals surface area contributed by atoms with Gasteiger partial charge in [0.2, 0.25) is 5.91 Å². The van der Waals surface area contributed by atoms with Crippen LogP contribution < -0.4 is 10.6 Å². The Labute approximate surface area is 103 Å². The minimum absolute atomic E-state index is 0.0504. The lowest BCUT2D eigenvalue weighted by atomic mass is 9.86. The van der Waals surface area contributed by atoms with Gasteiger partial charge < -0.3 is 15.7 Å². The van der Waals surface area contributed by atoms with Crippen molar-refractivity contribution in [3.05, 3.63) is 0 Å². The molecule has 0 bridgehead atoms. The highest BCUT2D eigenvalue weighted by Crippen LogP contribution is 2.19. The number of aliphatic carboxylic acids is 1. The van der Waals surface area contributed by atoms with Crippen LogP contribution in [-0.4, -0.2) is 35.6 Å². The number of carbonyl (C=O) groups excluding carboxylic acids is 1. The van der Waals surface area contributed by atoms with Crippen molar-refractivity contribution in [3.63, 3.8) is 0 Å². The second kappa shape index (κ2) is 6.59. The van der Waals surface area contributed by atoms with Gasteiger partial charge in [-0.2, -0.15) is 0 Å². The predicted molar refractivity (Wildman–Crippen MR) is 66.8 cm³/mol. The highest BCUT2D eigenvalue weighted by molar-refractivity contribution is 5.84. The summed E-state index contributed by atoms with van der Waals surface area (Å²) in [6.07, 6.45) is 0.285. The lowest BCUT2D eigenvalue weighted by Gasteiger charge is -2.28. The number of rotatable bonds is 6. The highest BCUT2D eigenvalue weighted by Gasteiger charge is 2.32. The van der Waals surface area contributed by atoms with Gasteiger partial charge in [-0.25, -0.2) is 4.79 Å². The van der Waals surface area contributed by atoms with Crippen molar-refractivity contribution >= 4 is 11.9 Å². The Bertz CT molecular complexity index is 271. The Morgan fingerprint density at radius 2 is 1.82 bits per heavy atom. The molecule has 0 aromatic rings. The normalized spacial score (nSPS) is 15.1. The fourth-order valence-corrected chi connectivity index (χ4v) is 1.57. The van der Waals surface area contributed by atoms with Crippen molar-refractivity contribution in [3.8, 4) is 0 Å². The van der Waals surface area contributed by atoms with Gasteiger partial charge in [-0.1, -0.05) is 27.7 Å². The molecule has 0 saturated heterocycles. The molecular formula is C12H24N2O3. The van der Waals surface area contributed by atoms with Crippen LogP contribution in [0.5, 0.6) is 0 Å². The summed E-state index contributed by atoms with van der Waals surface area (Å²) in [4.78, 5) is 22.7. The zero-order valence-electron chi connectivity index (χ0n) is 11.3. The molecule has 0 spiro atoms. The molecule has 0 saturated carbocycles. The third-order valence-corrected chi connectivity index (χ3v) is 2.46. The molecule has 0 heterocycles. The maximum Gasteiger partial charge on any atom is 0.326 e. The van der Waals surface area contributed by atoms with Gasteiger partial charge in [0.15, 0.2) is 0 Å². The van der Waals surface area contributed by atoms with Gasteiger partial charge in [0.1, 0.15) is 6.04 Å². The molecule has 0 aliphatic heterocycles. The van der Waals surface area contributed by atoms with Crippen LogP contribution in [0.3, 0.4) is 0 Å². The molecule has 3 N–H and O–H groups in total. The fraction of sp³-hybridized carbons (Fsp3) is 0.833. The molecule has 5 heteroatoms. The van der Waals surface area contributed by atoms with Crippen molar-refractivity contribution in [1.29, 1.82) is 0 Å². The Hall–Kier alpha value is -1.10. The largest absolute Gasteiger partial charge is 0.480 e. The molecular weight excluding hydrogens is 220 g/mol. The molecule has 0 rings (SSSR count). The first kappa shape index (κ1) is 15.9. The van der Waals surface area contributed by atoms with E-state index < -0.39 is 17.4 Å². The average molecular weight is 244 g/mol. The van der Waals surface area contributed by atoms with E-state index in [-0.39, 0.29) is 18.4 Å². The molecule has 0 aromatic heterocycles. The average Bonchev–Trinajstić information content (AvgIpc) is 2.12. The minimum Gasteiger partial charge on any atom is -0.480 e. The minimum atomic E-state index is -0.998. The number of hydrogen-bond donors (Lipinski definition) is 3. The van der Waals surface area contributed by atoms with E-state index in [0.29, 0.717) is 0 Å². The summed E-state index contributed by atoms with van der Waals surface area (Å²) in [7, 11) is 0. The molecule has 0 fully saturated rings. The first-order valence-electron chi connectivity index (χ1n) is 5.94. The molecule has 5 nitrogen and oxygen atoms in total. The maximum atomic E-state index is 11.7. The van der Waals surface area contributed by atoms with Gasteiger partial charge in [0, 0.05) is 12.5 Å². The zero-order valence-corrected chi connectivity index (χ0v) is 11.3. The van der Waals surface area contributed by atoms with Crippen LogP contribution in [0.4, 0.5) is 0 Å². The maximum absolute atomic E-state index is 11.7. The number of carboxylic acid groups (broad SMARTS) is 1. The van der Waals surface area contributed by atoms with Crippen LogP contribution in [0, 0.1) is 5.41 Å². The first-order valence-corrected chi connectivity index (χ1v) is 5.94. The summed E-state index contributed by atoms with van der Waals surface area (Å²) in [6.45, 7) is 10.0. The Kier molecular flexibility index (Phi) is 6.16. The van der Waals surface area contributed by atoms with Gasteiger partial charge in [-0.3, -0.25) is 4.79 Å². The monoisotopic (exact) mass is 244 g/mol. The second-order valence-corrected chi connectivity index (χ2v) is 5.37. The van der Waals surface area contributed by atoms with Crippen molar-refractivity contribution in [2.75, 3.05) is 6.54 Å². The quantitative estimate of drug-likeness (QED) is 0.651. The molecule has 0 aliphatic carbocycles. The van der Waals surface area contributed by atoms with Crippen LogP contribution in [0.25, 0.3) is 0 Å². The lowest BCUT2D eigenvalue weighted by molar-refractivity contribution is -0.145. The third kappa shape index (κ3) is 6.26. The van der Waals surface area contributed by atoms with Crippen LogP contribution in [0.1, 0.15) is 41.0 Å². The van der Waals surface area contributed by atoms with Crippen molar-refractivity contribution in [2.24, 2.45) is 5.41 Å². The fourth-order valence-electron chi connectivity index (χ4n) is 1.57. The van der Waals surface area contributed by atoms with Crippen molar-refractivity contribution in [1.82, 2.24) is 10.6 Å². The second-order valence-electron chi connectivity index (χ2n) is 5.37. The molecule has 1 amide bonds.